The van der Waals surface area contributed by atoms with Crippen molar-refractivity contribution in [1.82, 2.24) is 9.88 Å². The molecule has 25 heavy (non-hydrogen) atoms. The molecule has 134 valence electrons. The van der Waals surface area contributed by atoms with E-state index in [0.29, 0.717) is 11.8 Å². The maximum absolute atomic E-state index is 11.1. The van der Waals surface area contributed by atoms with E-state index in [0.717, 1.165) is 41.7 Å². The van der Waals surface area contributed by atoms with Gasteiger partial charge in [0.1, 0.15) is 5.75 Å². The number of hydrogen-bond acceptors (Lipinski definition) is 4. The van der Waals surface area contributed by atoms with Crippen LogP contribution in [-0.4, -0.2) is 41.2 Å². The van der Waals surface area contributed by atoms with Crippen LogP contribution in [0.5, 0.6) is 5.75 Å². The predicted molar refractivity (Wildman–Crippen MR) is 102 cm³/mol. The van der Waals surface area contributed by atoms with Crippen molar-refractivity contribution in [2.45, 2.75) is 32.4 Å². The molecule has 0 amide bonds. The van der Waals surface area contributed by atoms with E-state index in [-0.39, 0.29) is 6.04 Å². The molecule has 2 aromatic rings. The van der Waals surface area contributed by atoms with E-state index in [2.05, 4.69) is 36.4 Å². The first-order chi connectivity index (χ1) is 12.0. The van der Waals surface area contributed by atoms with Gasteiger partial charge in [-0.05, 0) is 61.6 Å². The third kappa shape index (κ3) is 3.55. The summed E-state index contributed by atoms with van der Waals surface area (Å²) in [5, 5.41) is 12.0. The van der Waals surface area contributed by atoms with Gasteiger partial charge in [0, 0.05) is 24.2 Å². The number of ether oxygens (including phenoxy) is 1. The highest BCUT2D eigenvalue weighted by Gasteiger charge is 2.31. The molecule has 4 atom stereocenters. The Bertz CT molecular complexity index is 746. The predicted octanol–water partition coefficient (Wildman–Crippen LogP) is 3.81. The Kier molecular flexibility index (Phi) is 5.40. The zero-order chi connectivity index (χ0) is 18.0. The number of aliphatic hydroxyl groups excluding tert-OH is 1. The standard InChI is InChI=1S/C21H28N2O2/c1-5-16-13-23(11-9-14(16)2)15(3)21(24)18-8-10-22-20-7-6-17(25-4)12-19(18)20/h5-8,10,12,14-16,21,24H,1,9,11,13H2,2-4H3. The Morgan fingerprint density at radius 1 is 1.40 bits per heavy atom. The highest BCUT2D eigenvalue weighted by molar-refractivity contribution is 5.83. The molecule has 0 bridgehead atoms. The molecule has 4 nitrogen and oxygen atoms in total. The first-order valence-electron chi connectivity index (χ1n) is 9.02. The molecular weight excluding hydrogens is 312 g/mol. The van der Waals surface area contributed by atoms with Crippen molar-refractivity contribution in [2.75, 3.05) is 20.2 Å². The second kappa shape index (κ2) is 7.54. The van der Waals surface area contributed by atoms with Gasteiger partial charge in [0.25, 0.3) is 0 Å². The van der Waals surface area contributed by atoms with Crippen LogP contribution in [0.4, 0.5) is 0 Å². The van der Waals surface area contributed by atoms with Crippen molar-refractivity contribution in [2.24, 2.45) is 11.8 Å². The lowest BCUT2D eigenvalue weighted by Crippen LogP contribution is -2.46. The molecule has 1 aliphatic rings. The number of aromatic nitrogens is 1. The fourth-order valence-corrected chi connectivity index (χ4v) is 3.79. The number of piperidine rings is 1. The summed E-state index contributed by atoms with van der Waals surface area (Å²) < 4.78 is 5.34. The van der Waals surface area contributed by atoms with Crippen LogP contribution in [-0.2, 0) is 0 Å². The maximum atomic E-state index is 11.1. The monoisotopic (exact) mass is 340 g/mol. The minimum Gasteiger partial charge on any atom is -0.497 e. The Hall–Kier alpha value is -1.91. The molecule has 3 rings (SSSR count). The molecule has 1 N–H and O–H groups in total. The minimum atomic E-state index is -0.573. The molecule has 1 fully saturated rings. The second-order valence-electron chi connectivity index (χ2n) is 7.13. The number of benzene rings is 1. The van der Waals surface area contributed by atoms with Gasteiger partial charge in [-0.15, -0.1) is 6.58 Å². The van der Waals surface area contributed by atoms with Crippen LogP contribution in [0, 0.1) is 11.8 Å². The van der Waals surface area contributed by atoms with Gasteiger partial charge >= 0.3 is 0 Å². The fourth-order valence-electron chi connectivity index (χ4n) is 3.79. The molecule has 1 aromatic carbocycles. The van der Waals surface area contributed by atoms with Crippen molar-refractivity contribution < 1.29 is 9.84 Å². The van der Waals surface area contributed by atoms with Crippen LogP contribution in [0.2, 0.25) is 0 Å². The van der Waals surface area contributed by atoms with E-state index >= 15 is 0 Å². The first kappa shape index (κ1) is 17.9. The summed E-state index contributed by atoms with van der Waals surface area (Å²) in [6.45, 7) is 10.3. The molecule has 0 spiro atoms. The summed E-state index contributed by atoms with van der Waals surface area (Å²) in [4.78, 5) is 6.79. The lowest BCUT2D eigenvalue weighted by molar-refractivity contribution is 0.0277. The van der Waals surface area contributed by atoms with E-state index in [4.69, 9.17) is 4.74 Å². The molecule has 2 heterocycles. The van der Waals surface area contributed by atoms with Gasteiger partial charge in [-0.1, -0.05) is 13.0 Å². The first-order valence-corrected chi connectivity index (χ1v) is 9.02. The van der Waals surface area contributed by atoms with E-state index in [1.165, 1.54) is 0 Å². The van der Waals surface area contributed by atoms with Crippen molar-refractivity contribution in [3.05, 3.63) is 48.7 Å². The molecule has 0 aliphatic carbocycles. The summed E-state index contributed by atoms with van der Waals surface area (Å²) >= 11 is 0. The van der Waals surface area contributed by atoms with Crippen LogP contribution >= 0.6 is 0 Å². The van der Waals surface area contributed by atoms with Gasteiger partial charge in [-0.2, -0.15) is 0 Å². The topological polar surface area (TPSA) is 45.6 Å². The van der Waals surface area contributed by atoms with Crippen LogP contribution in [0.1, 0.15) is 31.9 Å². The maximum Gasteiger partial charge on any atom is 0.119 e. The largest absolute Gasteiger partial charge is 0.497 e. The summed E-state index contributed by atoms with van der Waals surface area (Å²) in [6.07, 6.45) is 4.39. The average molecular weight is 340 g/mol. The Morgan fingerprint density at radius 2 is 2.20 bits per heavy atom. The Balaban J connectivity index is 1.88. The van der Waals surface area contributed by atoms with Gasteiger partial charge in [-0.3, -0.25) is 9.88 Å². The molecular formula is C21H28N2O2. The number of rotatable bonds is 5. The van der Waals surface area contributed by atoms with E-state index in [1.54, 1.807) is 13.3 Å². The van der Waals surface area contributed by atoms with Crippen molar-refractivity contribution >= 4 is 10.9 Å². The van der Waals surface area contributed by atoms with Gasteiger partial charge in [-0.25, -0.2) is 0 Å². The smallest absolute Gasteiger partial charge is 0.119 e. The normalized spacial score (nSPS) is 24.0. The SMILES string of the molecule is C=CC1CN(C(C)C(O)c2ccnc3ccc(OC)cc23)CCC1C. The third-order valence-corrected chi connectivity index (χ3v) is 5.68. The molecule has 0 saturated carbocycles. The quantitative estimate of drug-likeness (QED) is 0.841. The van der Waals surface area contributed by atoms with Crippen molar-refractivity contribution in [3.63, 3.8) is 0 Å². The van der Waals surface area contributed by atoms with Crippen LogP contribution in [0.3, 0.4) is 0 Å². The number of likely N-dealkylation sites (tertiary alicyclic amines) is 1. The van der Waals surface area contributed by atoms with Crippen LogP contribution in [0.25, 0.3) is 10.9 Å². The van der Waals surface area contributed by atoms with Crippen molar-refractivity contribution in [3.8, 4) is 5.75 Å². The molecule has 1 aromatic heterocycles. The Morgan fingerprint density at radius 3 is 2.92 bits per heavy atom. The zero-order valence-corrected chi connectivity index (χ0v) is 15.4. The van der Waals surface area contributed by atoms with Gasteiger partial charge in [0.15, 0.2) is 0 Å². The van der Waals surface area contributed by atoms with Gasteiger partial charge < -0.3 is 9.84 Å². The van der Waals surface area contributed by atoms with E-state index < -0.39 is 6.10 Å². The number of methoxy groups -OCH3 is 1. The molecule has 1 saturated heterocycles. The summed E-state index contributed by atoms with van der Waals surface area (Å²) in [7, 11) is 1.65. The number of fused-ring (bicyclic) bond motifs is 1. The molecule has 4 unspecified atom stereocenters. The third-order valence-electron chi connectivity index (χ3n) is 5.68. The second-order valence-corrected chi connectivity index (χ2v) is 7.13. The number of pyridine rings is 1. The Labute approximate surface area is 150 Å². The highest BCUT2D eigenvalue weighted by Crippen LogP contribution is 2.32. The number of hydrogen-bond donors (Lipinski definition) is 1. The van der Waals surface area contributed by atoms with Crippen molar-refractivity contribution in [1.29, 1.82) is 0 Å². The molecule has 4 heteroatoms. The van der Waals surface area contributed by atoms with Crippen LogP contribution in [0.15, 0.2) is 43.1 Å². The minimum absolute atomic E-state index is 0.0340. The lowest BCUT2D eigenvalue weighted by Gasteiger charge is -2.40. The van der Waals surface area contributed by atoms with E-state index in [9.17, 15) is 5.11 Å². The fraction of sp³-hybridized carbons (Fsp3) is 0.476. The zero-order valence-electron chi connectivity index (χ0n) is 15.4. The van der Waals surface area contributed by atoms with E-state index in [1.807, 2.05) is 24.3 Å². The number of nitrogens with zero attached hydrogens (tertiary/aromatic N) is 2. The molecule has 1 aliphatic heterocycles. The molecule has 0 radical (unpaired) electrons. The lowest BCUT2D eigenvalue weighted by atomic mass is 9.85. The summed E-state index contributed by atoms with van der Waals surface area (Å²) in [5.41, 5.74) is 1.78. The summed E-state index contributed by atoms with van der Waals surface area (Å²) in [5.74, 6) is 1.92. The number of aliphatic hydroxyl groups is 1. The van der Waals surface area contributed by atoms with Crippen LogP contribution < -0.4 is 4.74 Å². The highest BCUT2D eigenvalue weighted by atomic mass is 16.5. The van der Waals surface area contributed by atoms with Gasteiger partial charge in [0.2, 0.25) is 0 Å². The summed E-state index contributed by atoms with van der Waals surface area (Å²) in [6, 6.07) is 7.74. The average Bonchev–Trinajstić information content (AvgIpc) is 2.66. The van der Waals surface area contributed by atoms with Gasteiger partial charge in [0.05, 0.1) is 18.7 Å².